The first kappa shape index (κ1) is 18.6. The van der Waals surface area contributed by atoms with E-state index in [2.05, 4.69) is 22.6 Å². The molecule has 1 N–H and O–H groups in total. The molecule has 1 amide bonds. The molecule has 5 heteroatoms. The number of hydrogen-bond donors (Lipinski definition) is 1. The average molecular weight is 356 g/mol. The van der Waals surface area contributed by atoms with Gasteiger partial charge in [0.2, 0.25) is 5.91 Å². The van der Waals surface area contributed by atoms with Gasteiger partial charge in [-0.05, 0) is 38.7 Å². The zero-order valence-corrected chi connectivity index (χ0v) is 15.7. The first-order chi connectivity index (χ1) is 12.6. The summed E-state index contributed by atoms with van der Waals surface area (Å²) in [5.41, 5.74) is 3.08. The third-order valence-electron chi connectivity index (χ3n) is 5.14. The number of nitrogens with one attached hydrogen (secondary N) is 1. The molecule has 1 heterocycles. The molecule has 1 aliphatic rings. The number of benzene rings is 1. The molecule has 0 spiro atoms. The lowest BCUT2D eigenvalue weighted by Crippen LogP contribution is -2.46. The number of aryl methyl sites for hydroxylation is 2. The molecule has 1 aliphatic carbocycles. The monoisotopic (exact) mass is 356 g/mol. The Morgan fingerprint density at radius 1 is 1.23 bits per heavy atom. The highest BCUT2D eigenvalue weighted by Crippen LogP contribution is 2.23. The van der Waals surface area contributed by atoms with E-state index in [4.69, 9.17) is 9.26 Å². The van der Waals surface area contributed by atoms with E-state index in [9.17, 15) is 4.79 Å². The Balaban J connectivity index is 1.50. The molecule has 1 aromatic heterocycles. The lowest BCUT2D eigenvalue weighted by Gasteiger charge is -2.32. The minimum Gasteiger partial charge on any atom is -0.371 e. The van der Waals surface area contributed by atoms with Crippen LogP contribution in [0, 0.1) is 13.8 Å². The van der Waals surface area contributed by atoms with Gasteiger partial charge in [0.25, 0.3) is 0 Å². The number of amides is 1. The zero-order chi connectivity index (χ0) is 18.4. The van der Waals surface area contributed by atoms with Crippen LogP contribution in [0.15, 0.2) is 34.9 Å². The van der Waals surface area contributed by atoms with E-state index in [-0.39, 0.29) is 18.1 Å². The van der Waals surface area contributed by atoms with E-state index in [1.807, 2.05) is 32.0 Å². The Labute approximate surface area is 155 Å². The third kappa shape index (κ3) is 4.94. The maximum Gasteiger partial charge on any atom is 0.220 e. The summed E-state index contributed by atoms with van der Waals surface area (Å²) >= 11 is 0. The molecule has 1 aromatic carbocycles. The van der Waals surface area contributed by atoms with Crippen molar-refractivity contribution in [3.8, 4) is 0 Å². The summed E-state index contributed by atoms with van der Waals surface area (Å²) in [7, 11) is 0. The number of hydrogen-bond acceptors (Lipinski definition) is 4. The van der Waals surface area contributed by atoms with E-state index in [1.54, 1.807) is 0 Å². The van der Waals surface area contributed by atoms with Gasteiger partial charge < -0.3 is 14.6 Å². The maximum absolute atomic E-state index is 12.4. The maximum atomic E-state index is 12.4. The van der Waals surface area contributed by atoms with Crippen LogP contribution in [-0.2, 0) is 22.6 Å². The Hall–Kier alpha value is -2.14. The predicted octanol–water partition coefficient (Wildman–Crippen LogP) is 3.87. The van der Waals surface area contributed by atoms with Crippen molar-refractivity contribution < 1.29 is 14.1 Å². The Morgan fingerprint density at radius 2 is 2.00 bits per heavy atom. The number of carbonyl (C=O) groups is 1. The first-order valence-corrected chi connectivity index (χ1v) is 9.50. The van der Waals surface area contributed by atoms with Crippen molar-refractivity contribution >= 4 is 5.91 Å². The van der Waals surface area contributed by atoms with Crippen LogP contribution in [0.4, 0.5) is 0 Å². The molecular weight excluding hydrogens is 328 g/mol. The first-order valence-electron chi connectivity index (χ1n) is 9.50. The van der Waals surface area contributed by atoms with E-state index in [0.29, 0.717) is 19.4 Å². The molecule has 3 rings (SSSR count). The van der Waals surface area contributed by atoms with Crippen LogP contribution in [0.5, 0.6) is 0 Å². The summed E-state index contributed by atoms with van der Waals surface area (Å²) in [6.07, 6.45) is 5.48. The van der Waals surface area contributed by atoms with Gasteiger partial charge in [0.15, 0.2) is 0 Å². The molecule has 2 unspecified atom stereocenters. The van der Waals surface area contributed by atoms with Gasteiger partial charge in [0, 0.05) is 12.0 Å². The quantitative estimate of drug-likeness (QED) is 0.818. The molecule has 2 atom stereocenters. The average Bonchev–Trinajstić information content (AvgIpc) is 2.98. The molecule has 2 aromatic rings. The molecule has 140 valence electrons. The number of aromatic nitrogens is 1. The van der Waals surface area contributed by atoms with Gasteiger partial charge in [-0.15, -0.1) is 0 Å². The van der Waals surface area contributed by atoms with Crippen LogP contribution in [0.2, 0.25) is 0 Å². The molecule has 1 fully saturated rings. The number of rotatable bonds is 7. The molecule has 0 aliphatic heterocycles. The van der Waals surface area contributed by atoms with Crippen molar-refractivity contribution in [2.24, 2.45) is 0 Å². The van der Waals surface area contributed by atoms with E-state index in [0.717, 1.165) is 42.7 Å². The fourth-order valence-corrected chi connectivity index (χ4v) is 3.62. The van der Waals surface area contributed by atoms with Crippen molar-refractivity contribution in [1.29, 1.82) is 0 Å². The molecule has 0 saturated heterocycles. The molecule has 1 saturated carbocycles. The van der Waals surface area contributed by atoms with Gasteiger partial charge in [-0.3, -0.25) is 4.79 Å². The summed E-state index contributed by atoms with van der Waals surface area (Å²) in [5, 5.41) is 7.14. The van der Waals surface area contributed by atoms with Gasteiger partial charge >= 0.3 is 0 Å². The second-order valence-electron chi connectivity index (χ2n) is 7.10. The minimum atomic E-state index is 0.0743. The number of carbonyl (C=O) groups excluding carboxylic acids is 1. The van der Waals surface area contributed by atoms with Crippen molar-refractivity contribution in [2.75, 3.05) is 0 Å². The highest BCUT2D eigenvalue weighted by atomic mass is 16.5. The normalized spacial score (nSPS) is 20.1. The molecule has 0 radical (unpaired) electrons. The van der Waals surface area contributed by atoms with Crippen LogP contribution >= 0.6 is 0 Å². The van der Waals surface area contributed by atoms with Crippen molar-refractivity contribution in [3.63, 3.8) is 0 Å². The standard InChI is InChI=1S/C21H28N2O3/c1-15-18(16(2)26-23-15)12-13-21(24)22-19-10-6-7-11-20(19)25-14-17-8-4-3-5-9-17/h3-5,8-9,19-20H,6-7,10-14H2,1-2H3,(H,22,24). The van der Waals surface area contributed by atoms with Crippen molar-refractivity contribution in [2.45, 2.75) is 71.1 Å². The summed E-state index contributed by atoms with van der Waals surface area (Å²) in [4.78, 5) is 12.4. The van der Waals surface area contributed by atoms with Gasteiger partial charge in [0.05, 0.1) is 24.4 Å². The van der Waals surface area contributed by atoms with Gasteiger partial charge in [-0.2, -0.15) is 0 Å². The summed E-state index contributed by atoms with van der Waals surface area (Å²) in [5.74, 6) is 0.877. The Bertz CT molecular complexity index is 692. The smallest absolute Gasteiger partial charge is 0.220 e. The number of nitrogens with zero attached hydrogens (tertiary/aromatic N) is 1. The number of ether oxygens (including phenoxy) is 1. The second-order valence-corrected chi connectivity index (χ2v) is 7.10. The summed E-state index contributed by atoms with van der Waals surface area (Å²) in [6, 6.07) is 10.3. The highest BCUT2D eigenvalue weighted by molar-refractivity contribution is 5.76. The largest absolute Gasteiger partial charge is 0.371 e. The van der Waals surface area contributed by atoms with Crippen molar-refractivity contribution in [1.82, 2.24) is 10.5 Å². The van der Waals surface area contributed by atoms with E-state index in [1.165, 1.54) is 5.56 Å². The van der Waals surface area contributed by atoms with Crippen molar-refractivity contribution in [3.05, 3.63) is 52.9 Å². The third-order valence-corrected chi connectivity index (χ3v) is 5.14. The summed E-state index contributed by atoms with van der Waals surface area (Å²) in [6.45, 7) is 4.40. The Morgan fingerprint density at radius 3 is 2.73 bits per heavy atom. The van der Waals surface area contributed by atoms with E-state index < -0.39 is 0 Å². The molecular formula is C21H28N2O3. The van der Waals surface area contributed by atoms with E-state index >= 15 is 0 Å². The fraction of sp³-hybridized carbons (Fsp3) is 0.524. The van der Waals surface area contributed by atoms with Gasteiger partial charge in [-0.25, -0.2) is 0 Å². The summed E-state index contributed by atoms with van der Waals surface area (Å²) < 4.78 is 11.3. The lowest BCUT2D eigenvalue weighted by atomic mass is 9.92. The van der Waals surface area contributed by atoms with Crippen LogP contribution in [-0.4, -0.2) is 23.2 Å². The van der Waals surface area contributed by atoms with Crippen LogP contribution in [0.3, 0.4) is 0 Å². The zero-order valence-electron chi connectivity index (χ0n) is 15.7. The highest BCUT2D eigenvalue weighted by Gasteiger charge is 2.27. The second kappa shape index (κ2) is 8.99. The van der Waals surface area contributed by atoms with Crippen LogP contribution < -0.4 is 5.32 Å². The van der Waals surface area contributed by atoms with Gasteiger partial charge in [0.1, 0.15) is 5.76 Å². The fourth-order valence-electron chi connectivity index (χ4n) is 3.62. The predicted molar refractivity (Wildman–Crippen MR) is 99.7 cm³/mol. The molecule has 5 nitrogen and oxygen atoms in total. The lowest BCUT2D eigenvalue weighted by molar-refractivity contribution is -0.123. The van der Waals surface area contributed by atoms with Crippen LogP contribution in [0.25, 0.3) is 0 Å². The molecule has 0 bridgehead atoms. The SMILES string of the molecule is Cc1noc(C)c1CCC(=O)NC1CCCCC1OCc1ccccc1. The van der Waals surface area contributed by atoms with Gasteiger partial charge in [-0.1, -0.05) is 48.3 Å². The minimum absolute atomic E-state index is 0.0743. The molecule has 26 heavy (non-hydrogen) atoms. The topological polar surface area (TPSA) is 64.4 Å². The van der Waals surface area contributed by atoms with Crippen LogP contribution in [0.1, 0.15) is 54.7 Å². The Kier molecular flexibility index (Phi) is 6.45.